The van der Waals surface area contributed by atoms with E-state index in [1.807, 2.05) is 31.2 Å². The first-order valence-corrected chi connectivity index (χ1v) is 9.32. The van der Waals surface area contributed by atoms with Crippen LogP contribution in [0.25, 0.3) is 11.4 Å². The van der Waals surface area contributed by atoms with E-state index in [0.717, 1.165) is 11.1 Å². The second-order valence-corrected chi connectivity index (χ2v) is 6.61. The molecule has 8 nitrogen and oxygen atoms in total. The number of amides is 2. The summed E-state index contributed by atoms with van der Waals surface area (Å²) in [7, 11) is 0. The fourth-order valence-electron chi connectivity index (χ4n) is 2.48. The number of nitrogens with zero attached hydrogens (tertiary/aromatic N) is 2. The van der Waals surface area contributed by atoms with Gasteiger partial charge in [-0.05, 0) is 26.0 Å². The highest BCUT2D eigenvalue weighted by Crippen LogP contribution is 2.17. The summed E-state index contributed by atoms with van der Waals surface area (Å²) in [5.41, 5.74) is 6.45. The Morgan fingerprint density at radius 3 is 2.60 bits per heavy atom. The smallest absolute Gasteiger partial charge is 0.279 e. The van der Waals surface area contributed by atoms with Crippen LogP contribution >= 0.6 is 0 Å². The quantitative estimate of drug-likeness (QED) is 0.578. The molecule has 156 valence electrons. The van der Waals surface area contributed by atoms with E-state index in [4.69, 9.17) is 9.26 Å². The van der Waals surface area contributed by atoms with Crippen molar-refractivity contribution in [1.82, 2.24) is 21.0 Å². The maximum atomic E-state index is 13.6. The largest absolute Gasteiger partial charge is 0.478 e. The first kappa shape index (κ1) is 21.0. The minimum atomic E-state index is -1.00. The van der Waals surface area contributed by atoms with Crippen LogP contribution in [0.3, 0.4) is 0 Å². The molecule has 0 radical (unpaired) electrons. The Labute approximate surface area is 172 Å². The summed E-state index contributed by atoms with van der Waals surface area (Å²) in [5.74, 6) is -0.943. The van der Waals surface area contributed by atoms with E-state index >= 15 is 0 Å². The summed E-state index contributed by atoms with van der Waals surface area (Å²) in [5, 5.41) is 3.90. The number of aryl methyl sites for hydroxylation is 2. The number of hydrogen-bond acceptors (Lipinski definition) is 6. The fraction of sp³-hybridized carbons (Fsp3) is 0.238. The third kappa shape index (κ3) is 5.63. The van der Waals surface area contributed by atoms with E-state index in [1.165, 1.54) is 25.1 Å². The minimum Gasteiger partial charge on any atom is -0.478 e. The Hall–Kier alpha value is -3.75. The first-order chi connectivity index (χ1) is 14.4. The van der Waals surface area contributed by atoms with Crippen LogP contribution in [0.15, 0.2) is 53.1 Å². The molecule has 2 N–H and O–H groups in total. The number of para-hydroxylation sites is 1. The van der Waals surface area contributed by atoms with Crippen LogP contribution < -0.4 is 15.6 Å². The zero-order chi connectivity index (χ0) is 21.5. The number of carbonyl (C=O) groups excluding carboxylic acids is 2. The average molecular weight is 412 g/mol. The SMILES string of the molecule is Cc1ccc(-c2noc(CCC(=O)NNC(=O)[C@H](C)Oc3ccccc3F)n2)cc1. The summed E-state index contributed by atoms with van der Waals surface area (Å²) >= 11 is 0. The fourth-order valence-corrected chi connectivity index (χ4v) is 2.48. The molecule has 0 fully saturated rings. The second kappa shape index (κ2) is 9.64. The van der Waals surface area contributed by atoms with Crippen molar-refractivity contribution in [3.05, 3.63) is 65.8 Å². The van der Waals surface area contributed by atoms with Gasteiger partial charge in [-0.1, -0.05) is 47.1 Å². The molecule has 0 bridgehead atoms. The number of ether oxygens (including phenoxy) is 1. The zero-order valence-corrected chi connectivity index (χ0v) is 16.5. The summed E-state index contributed by atoms with van der Waals surface area (Å²) in [6.07, 6.45) is -0.768. The molecule has 0 aliphatic heterocycles. The monoisotopic (exact) mass is 412 g/mol. The van der Waals surface area contributed by atoms with Crippen LogP contribution in [0.5, 0.6) is 5.75 Å². The molecule has 0 saturated heterocycles. The zero-order valence-electron chi connectivity index (χ0n) is 16.5. The molecule has 2 aromatic carbocycles. The molecular weight excluding hydrogens is 391 g/mol. The Balaban J connectivity index is 1.43. The number of hydrazine groups is 1. The van der Waals surface area contributed by atoms with Gasteiger partial charge in [0.25, 0.3) is 5.91 Å². The molecule has 9 heteroatoms. The van der Waals surface area contributed by atoms with Gasteiger partial charge in [0.05, 0.1) is 0 Å². The molecule has 0 saturated carbocycles. The Morgan fingerprint density at radius 2 is 1.87 bits per heavy atom. The average Bonchev–Trinajstić information content (AvgIpc) is 3.21. The molecule has 1 aromatic heterocycles. The van der Waals surface area contributed by atoms with Gasteiger partial charge in [0, 0.05) is 18.4 Å². The van der Waals surface area contributed by atoms with Gasteiger partial charge in [0.15, 0.2) is 17.7 Å². The standard InChI is InChI=1S/C21H21FN4O4/c1-13-7-9-15(10-8-13)20-23-19(30-26-20)12-11-18(27)24-25-21(28)14(2)29-17-6-4-3-5-16(17)22/h3-10,14H,11-12H2,1-2H3,(H,24,27)(H,25,28)/t14-/m0/s1. The van der Waals surface area contributed by atoms with E-state index in [0.29, 0.717) is 11.7 Å². The van der Waals surface area contributed by atoms with Crippen LogP contribution in [0, 0.1) is 12.7 Å². The lowest BCUT2D eigenvalue weighted by molar-refractivity contribution is -0.132. The van der Waals surface area contributed by atoms with Gasteiger partial charge < -0.3 is 9.26 Å². The summed E-state index contributed by atoms with van der Waals surface area (Å²) in [6, 6.07) is 13.4. The van der Waals surface area contributed by atoms with Crippen molar-refractivity contribution >= 4 is 11.8 Å². The molecular formula is C21H21FN4O4. The minimum absolute atomic E-state index is 0.0262. The highest BCUT2D eigenvalue weighted by Gasteiger charge is 2.17. The molecule has 2 amide bonds. The number of halogens is 1. The van der Waals surface area contributed by atoms with Crippen LogP contribution in [0.2, 0.25) is 0 Å². The molecule has 3 rings (SSSR count). The van der Waals surface area contributed by atoms with Gasteiger partial charge in [-0.25, -0.2) is 4.39 Å². The van der Waals surface area contributed by atoms with E-state index in [-0.39, 0.29) is 18.6 Å². The van der Waals surface area contributed by atoms with E-state index < -0.39 is 23.7 Å². The lowest BCUT2D eigenvalue weighted by Crippen LogP contribution is -2.47. The third-order valence-corrected chi connectivity index (χ3v) is 4.18. The topological polar surface area (TPSA) is 106 Å². The summed E-state index contributed by atoms with van der Waals surface area (Å²) < 4.78 is 24.0. The molecule has 1 heterocycles. The van der Waals surface area contributed by atoms with Crippen molar-refractivity contribution in [1.29, 1.82) is 0 Å². The third-order valence-electron chi connectivity index (χ3n) is 4.18. The number of nitrogens with one attached hydrogen (secondary N) is 2. The molecule has 1 atom stereocenters. The first-order valence-electron chi connectivity index (χ1n) is 9.32. The van der Waals surface area contributed by atoms with Crippen LogP contribution in [-0.4, -0.2) is 28.1 Å². The van der Waals surface area contributed by atoms with Crippen molar-refractivity contribution < 1.29 is 23.2 Å². The number of rotatable bonds is 7. The Bertz CT molecular complexity index is 1020. The van der Waals surface area contributed by atoms with Crippen molar-refractivity contribution in [2.45, 2.75) is 32.8 Å². The van der Waals surface area contributed by atoms with Crippen molar-refractivity contribution in [3.63, 3.8) is 0 Å². The predicted octanol–water partition coefficient (Wildman–Crippen LogP) is 2.73. The predicted molar refractivity (Wildman–Crippen MR) is 106 cm³/mol. The van der Waals surface area contributed by atoms with Crippen LogP contribution in [-0.2, 0) is 16.0 Å². The van der Waals surface area contributed by atoms with Crippen molar-refractivity contribution in [2.75, 3.05) is 0 Å². The van der Waals surface area contributed by atoms with Crippen molar-refractivity contribution in [2.24, 2.45) is 0 Å². The van der Waals surface area contributed by atoms with Gasteiger partial charge in [-0.3, -0.25) is 20.4 Å². The summed E-state index contributed by atoms with van der Waals surface area (Å²) in [6.45, 7) is 3.43. The van der Waals surface area contributed by atoms with Gasteiger partial charge >= 0.3 is 0 Å². The second-order valence-electron chi connectivity index (χ2n) is 6.61. The highest BCUT2D eigenvalue weighted by atomic mass is 19.1. The maximum absolute atomic E-state index is 13.6. The van der Waals surface area contributed by atoms with Gasteiger partial charge in [-0.15, -0.1) is 0 Å². The number of carbonyl (C=O) groups is 2. The molecule has 0 unspecified atom stereocenters. The summed E-state index contributed by atoms with van der Waals surface area (Å²) in [4.78, 5) is 28.2. The molecule has 30 heavy (non-hydrogen) atoms. The van der Waals surface area contributed by atoms with Crippen LogP contribution in [0.1, 0.15) is 24.8 Å². The highest BCUT2D eigenvalue weighted by molar-refractivity contribution is 5.84. The number of aromatic nitrogens is 2. The van der Waals surface area contributed by atoms with Crippen molar-refractivity contribution in [3.8, 4) is 17.1 Å². The normalized spacial score (nSPS) is 11.6. The number of hydrogen-bond donors (Lipinski definition) is 2. The lowest BCUT2D eigenvalue weighted by Gasteiger charge is -2.15. The maximum Gasteiger partial charge on any atom is 0.279 e. The number of benzene rings is 2. The van der Waals surface area contributed by atoms with E-state index in [1.54, 1.807) is 6.07 Å². The Morgan fingerprint density at radius 1 is 1.13 bits per heavy atom. The molecule has 0 spiro atoms. The lowest BCUT2D eigenvalue weighted by atomic mass is 10.1. The molecule has 3 aromatic rings. The van der Waals surface area contributed by atoms with E-state index in [9.17, 15) is 14.0 Å². The molecule has 0 aliphatic carbocycles. The van der Waals surface area contributed by atoms with Gasteiger partial charge in [-0.2, -0.15) is 4.98 Å². The van der Waals surface area contributed by atoms with Crippen LogP contribution in [0.4, 0.5) is 4.39 Å². The Kier molecular flexibility index (Phi) is 6.74. The van der Waals surface area contributed by atoms with E-state index in [2.05, 4.69) is 21.0 Å². The van der Waals surface area contributed by atoms with Gasteiger partial charge in [0.1, 0.15) is 0 Å². The molecule has 0 aliphatic rings. The van der Waals surface area contributed by atoms with Gasteiger partial charge in [0.2, 0.25) is 17.6 Å².